The van der Waals surface area contributed by atoms with Gasteiger partial charge in [-0.25, -0.2) is 14.2 Å². The molecule has 2 aromatic heterocycles. The van der Waals surface area contributed by atoms with E-state index in [0.29, 0.717) is 30.5 Å². The van der Waals surface area contributed by atoms with Crippen molar-refractivity contribution in [3.8, 4) is 0 Å². The van der Waals surface area contributed by atoms with E-state index in [2.05, 4.69) is 5.32 Å². The molecule has 1 saturated heterocycles. The number of allylic oxidation sites excluding steroid dienone is 2. The zero-order valence-electron chi connectivity index (χ0n) is 24.0. The maximum absolute atomic E-state index is 13.8. The molecule has 4 rings (SSSR count). The lowest BCUT2D eigenvalue weighted by Crippen LogP contribution is -2.49. The van der Waals surface area contributed by atoms with E-state index in [9.17, 15) is 18.6 Å². The highest BCUT2D eigenvalue weighted by Gasteiger charge is 2.29. The van der Waals surface area contributed by atoms with E-state index in [0.717, 1.165) is 23.0 Å². The molecule has 1 amide bonds. The molecular weight excluding hydrogens is 532 g/mol. The van der Waals surface area contributed by atoms with Crippen LogP contribution in [-0.4, -0.2) is 53.7 Å². The second-order valence-electron chi connectivity index (χ2n) is 11.3. The molecule has 1 aromatic carbocycles. The van der Waals surface area contributed by atoms with Crippen molar-refractivity contribution in [1.82, 2.24) is 24.0 Å². The van der Waals surface area contributed by atoms with Crippen LogP contribution in [-0.2, 0) is 35.0 Å². The minimum absolute atomic E-state index is 0.172. The van der Waals surface area contributed by atoms with Gasteiger partial charge in [0.25, 0.3) is 5.56 Å². The molecule has 2 unspecified atom stereocenters. The van der Waals surface area contributed by atoms with Gasteiger partial charge in [-0.2, -0.15) is 4.98 Å². The molecular formula is C28H38N6O5S. The number of fused-ring (bicyclic) bond motifs is 1. The molecule has 1 aliphatic rings. The molecule has 3 aromatic rings. The molecule has 2 atom stereocenters. The van der Waals surface area contributed by atoms with Gasteiger partial charge in [0.1, 0.15) is 11.5 Å². The monoisotopic (exact) mass is 570 g/mol. The van der Waals surface area contributed by atoms with Crippen LogP contribution in [0.4, 0.5) is 10.7 Å². The van der Waals surface area contributed by atoms with Crippen LogP contribution in [0.2, 0.25) is 0 Å². The summed E-state index contributed by atoms with van der Waals surface area (Å²) >= 11 is 0. The number of carbonyl (C=O) groups is 1. The van der Waals surface area contributed by atoms with E-state index in [1.807, 2.05) is 56.2 Å². The van der Waals surface area contributed by atoms with Crippen molar-refractivity contribution in [2.24, 2.45) is 7.05 Å². The summed E-state index contributed by atoms with van der Waals surface area (Å²) < 4.78 is 22.7. The number of rotatable bonds is 7. The van der Waals surface area contributed by atoms with Gasteiger partial charge in [-0.15, -0.1) is 0 Å². The van der Waals surface area contributed by atoms with Crippen molar-refractivity contribution in [2.75, 3.05) is 18.0 Å². The number of carbonyl (C=O) groups excluding carboxylic acids is 1. The van der Waals surface area contributed by atoms with Gasteiger partial charge in [-0.1, -0.05) is 29.8 Å². The Balaban J connectivity index is 1.75. The third-order valence-corrected chi connectivity index (χ3v) is 7.86. The number of amides is 1. The van der Waals surface area contributed by atoms with Crippen molar-refractivity contribution in [3.05, 3.63) is 62.8 Å². The number of piperidine rings is 1. The summed E-state index contributed by atoms with van der Waals surface area (Å²) in [4.78, 5) is 46.9. The number of ether oxygens (including phenoxy) is 1. The smallest absolute Gasteiger partial charge is 0.407 e. The lowest BCUT2D eigenvalue weighted by molar-refractivity contribution is 0.0499. The van der Waals surface area contributed by atoms with Crippen LogP contribution in [0.3, 0.4) is 0 Å². The van der Waals surface area contributed by atoms with Gasteiger partial charge in [0.05, 0.1) is 10.8 Å². The predicted molar refractivity (Wildman–Crippen MR) is 156 cm³/mol. The lowest BCUT2D eigenvalue weighted by atomic mass is 10.1. The molecule has 0 saturated carbocycles. The van der Waals surface area contributed by atoms with Crippen LogP contribution >= 0.6 is 0 Å². The number of hydrogen-bond acceptors (Lipinski definition) is 7. The number of nitrogens with zero attached hydrogens (tertiary/aromatic N) is 5. The van der Waals surface area contributed by atoms with E-state index >= 15 is 0 Å². The van der Waals surface area contributed by atoms with Crippen molar-refractivity contribution in [3.63, 3.8) is 0 Å². The van der Waals surface area contributed by atoms with Gasteiger partial charge in [-0.05, 0) is 59.6 Å². The number of hydrogen-bond donors (Lipinski definition) is 1. The van der Waals surface area contributed by atoms with E-state index in [1.54, 1.807) is 31.3 Å². The van der Waals surface area contributed by atoms with Crippen molar-refractivity contribution < 1.29 is 13.7 Å². The van der Waals surface area contributed by atoms with Crippen molar-refractivity contribution in [2.45, 2.75) is 76.4 Å². The quantitative estimate of drug-likeness (QED) is 0.434. The molecule has 0 bridgehead atoms. The molecule has 1 fully saturated rings. The number of aryl methyl sites for hydroxylation is 1. The summed E-state index contributed by atoms with van der Waals surface area (Å²) in [5, 5.41) is 2.95. The highest BCUT2D eigenvalue weighted by atomic mass is 32.2. The number of alkyl carbamates (subject to hydrolysis) is 1. The molecule has 12 heteroatoms. The van der Waals surface area contributed by atoms with Crippen LogP contribution < -0.4 is 21.5 Å². The second kappa shape index (κ2) is 11.8. The molecule has 3 heterocycles. The van der Waals surface area contributed by atoms with Crippen molar-refractivity contribution in [1.29, 1.82) is 0 Å². The minimum atomic E-state index is -1.59. The number of nitrogens with one attached hydrogen (secondary N) is 1. The van der Waals surface area contributed by atoms with Gasteiger partial charge >= 0.3 is 11.8 Å². The Morgan fingerprint density at radius 1 is 1.18 bits per heavy atom. The topological polar surface area (TPSA) is 120 Å². The molecule has 0 radical (unpaired) electrons. The van der Waals surface area contributed by atoms with Crippen molar-refractivity contribution >= 4 is 34.0 Å². The Hall–Kier alpha value is -3.67. The zero-order valence-corrected chi connectivity index (χ0v) is 24.8. The first kappa shape index (κ1) is 29.3. The Kier molecular flexibility index (Phi) is 8.67. The van der Waals surface area contributed by atoms with Crippen LogP contribution in [0.15, 0.2) is 56.5 Å². The number of benzene rings is 1. The van der Waals surface area contributed by atoms with E-state index in [1.165, 1.54) is 4.57 Å². The Morgan fingerprint density at radius 3 is 2.52 bits per heavy atom. The largest absolute Gasteiger partial charge is 0.444 e. The van der Waals surface area contributed by atoms with Gasteiger partial charge < -0.3 is 19.5 Å². The van der Waals surface area contributed by atoms with Gasteiger partial charge in [0, 0.05) is 37.6 Å². The molecule has 0 aliphatic carbocycles. The molecule has 0 spiro atoms. The van der Waals surface area contributed by atoms with E-state index < -0.39 is 33.7 Å². The standard InChI is InChI=1S/C28H38N6O5S/c1-19(2)14-16-33-22-23(30-25(33)32-15-10-11-20(17-32)29-26(36)39-28(3,4)5)31(6)27(37)34(24(22)35)18-40(38)21-12-8-7-9-13-21/h7-9,12-14,20H,10-11,15-18H2,1-6H3,(H,29,36). The summed E-state index contributed by atoms with van der Waals surface area (Å²) in [5.74, 6) is 0.275. The third-order valence-electron chi connectivity index (χ3n) is 6.57. The van der Waals surface area contributed by atoms with Crippen LogP contribution in [0.25, 0.3) is 11.2 Å². The van der Waals surface area contributed by atoms with Gasteiger partial charge in [0.15, 0.2) is 11.2 Å². The Bertz CT molecular complexity index is 1560. The molecule has 1 aliphatic heterocycles. The normalized spacial score (nSPS) is 16.6. The highest BCUT2D eigenvalue weighted by molar-refractivity contribution is 7.84. The first-order valence-electron chi connectivity index (χ1n) is 13.4. The lowest BCUT2D eigenvalue weighted by Gasteiger charge is -2.34. The average molecular weight is 571 g/mol. The molecule has 40 heavy (non-hydrogen) atoms. The van der Waals surface area contributed by atoms with Crippen LogP contribution in [0.1, 0.15) is 47.5 Å². The molecule has 11 nitrogen and oxygen atoms in total. The van der Waals surface area contributed by atoms with Crippen LogP contribution in [0.5, 0.6) is 0 Å². The SMILES string of the molecule is CC(C)=CCn1c(N2CCCC(NC(=O)OC(C)(C)C)C2)nc2c1c(=O)n(CS(=O)c1ccccc1)c(=O)n2C. The fourth-order valence-electron chi connectivity index (χ4n) is 4.68. The maximum atomic E-state index is 13.8. The fraction of sp³-hybridized carbons (Fsp3) is 0.500. The minimum Gasteiger partial charge on any atom is -0.444 e. The number of imidazole rings is 1. The van der Waals surface area contributed by atoms with Crippen LogP contribution in [0, 0.1) is 0 Å². The van der Waals surface area contributed by atoms with E-state index in [4.69, 9.17) is 9.72 Å². The number of aromatic nitrogens is 4. The maximum Gasteiger partial charge on any atom is 0.407 e. The fourth-order valence-corrected chi connectivity index (χ4v) is 5.75. The predicted octanol–water partition coefficient (Wildman–Crippen LogP) is 3.12. The summed E-state index contributed by atoms with van der Waals surface area (Å²) in [5.41, 5.74) is -0.137. The summed E-state index contributed by atoms with van der Waals surface area (Å²) in [6, 6.07) is 8.59. The first-order chi connectivity index (χ1) is 18.9. The highest BCUT2D eigenvalue weighted by Crippen LogP contribution is 2.24. The first-order valence-corrected chi connectivity index (χ1v) is 14.7. The summed E-state index contributed by atoms with van der Waals surface area (Å²) in [6.45, 7) is 10.9. The summed E-state index contributed by atoms with van der Waals surface area (Å²) in [7, 11) is -0.0272. The molecule has 1 N–H and O–H groups in total. The Labute approximate surface area is 235 Å². The Morgan fingerprint density at radius 2 is 1.88 bits per heavy atom. The second-order valence-corrected chi connectivity index (χ2v) is 12.7. The average Bonchev–Trinajstić information content (AvgIpc) is 3.28. The van der Waals surface area contributed by atoms with Gasteiger partial charge in [-0.3, -0.25) is 13.6 Å². The third kappa shape index (κ3) is 6.55. The number of anilines is 1. The summed E-state index contributed by atoms with van der Waals surface area (Å²) in [6.07, 6.45) is 3.09. The zero-order chi connectivity index (χ0) is 29.2. The molecule has 216 valence electrons. The van der Waals surface area contributed by atoms with E-state index in [-0.39, 0.29) is 23.1 Å². The van der Waals surface area contributed by atoms with Gasteiger partial charge in [0.2, 0.25) is 5.95 Å².